The lowest BCUT2D eigenvalue weighted by Gasteiger charge is -2.24. The summed E-state index contributed by atoms with van der Waals surface area (Å²) in [4.78, 5) is 4.97. The molecule has 20 heavy (non-hydrogen) atoms. The second kappa shape index (κ2) is 9.37. The van der Waals surface area contributed by atoms with Crippen LogP contribution in [0.4, 0.5) is 5.69 Å². The van der Waals surface area contributed by atoms with Crippen LogP contribution in [0.5, 0.6) is 0 Å². The first-order valence-corrected chi connectivity index (χ1v) is 8.38. The maximum absolute atomic E-state index is 5.79. The number of benzene rings is 1. The Bertz CT molecular complexity index is 391. The fraction of sp³-hybridized carbons (Fsp3) is 0.625. The lowest BCUT2D eigenvalue weighted by atomic mass is 10.2. The highest BCUT2D eigenvalue weighted by atomic mass is 79.9. The molecule has 0 aliphatic rings. The molecule has 0 saturated carbocycles. The van der Waals surface area contributed by atoms with Crippen LogP contribution in [0.3, 0.4) is 0 Å². The van der Waals surface area contributed by atoms with Crippen LogP contribution in [-0.4, -0.2) is 42.5 Å². The van der Waals surface area contributed by atoms with Crippen LogP contribution in [0.15, 0.2) is 22.7 Å². The molecule has 0 heterocycles. The van der Waals surface area contributed by atoms with E-state index < -0.39 is 0 Å². The van der Waals surface area contributed by atoms with Gasteiger partial charge < -0.3 is 10.6 Å². The van der Waals surface area contributed by atoms with Crippen LogP contribution in [0.1, 0.15) is 32.8 Å². The molecule has 1 aromatic rings. The highest BCUT2D eigenvalue weighted by Crippen LogP contribution is 2.21. The van der Waals surface area contributed by atoms with E-state index in [4.69, 9.17) is 5.73 Å². The van der Waals surface area contributed by atoms with Gasteiger partial charge >= 0.3 is 0 Å². The minimum Gasteiger partial charge on any atom is -0.399 e. The van der Waals surface area contributed by atoms with E-state index in [-0.39, 0.29) is 0 Å². The standard InChI is InChI=1S/C16H28BrN3/c1-4-19(5-2)10-7-11-20(6-3)13-14-8-9-15(18)12-16(14)17/h8-9,12H,4-7,10-11,13,18H2,1-3H3. The van der Waals surface area contributed by atoms with Gasteiger partial charge in [0.15, 0.2) is 0 Å². The molecule has 1 rings (SSSR count). The van der Waals surface area contributed by atoms with Crippen molar-refractivity contribution in [3.05, 3.63) is 28.2 Å². The molecular formula is C16H28BrN3. The average molecular weight is 342 g/mol. The molecule has 0 aliphatic carbocycles. The molecule has 0 spiro atoms. The minimum absolute atomic E-state index is 0.810. The van der Waals surface area contributed by atoms with Gasteiger partial charge in [0, 0.05) is 16.7 Å². The molecule has 0 saturated heterocycles. The van der Waals surface area contributed by atoms with Crippen molar-refractivity contribution in [3.8, 4) is 0 Å². The zero-order valence-corrected chi connectivity index (χ0v) is 14.6. The first kappa shape index (κ1) is 17.5. The Morgan fingerprint density at radius 3 is 2.15 bits per heavy atom. The minimum atomic E-state index is 0.810. The lowest BCUT2D eigenvalue weighted by molar-refractivity contribution is 0.238. The van der Waals surface area contributed by atoms with Gasteiger partial charge in [-0.2, -0.15) is 0 Å². The number of nitrogens with two attached hydrogens (primary N) is 1. The molecule has 0 amide bonds. The molecule has 1 aromatic carbocycles. The van der Waals surface area contributed by atoms with Gasteiger partial charge in [-0.1, -0.05) is 42.8 Å². The second-order valence-corrected chi connectivity index (χ2v) is 5.95. The third-order valence-electron chi connectivity index (χ3n) is 3.76. The summed E-state index contributed by atoms with van der Waals surface area (Å²) in [6, 6.07) is 6.08. The van der Waals surface area contributed by atoms with Gasteiger partial charge in [0.2, 0.25) is 0 Å². The number of nitrogen functional groups attached to an aromatic ring is 1. The topological polar surface area (TPSA) is 32.5 Å². The Kier molecular flexibility index (Phi) is 8.19. The van der Waals surface area contributed by atoms with E-state index in [1.165, 1.54) is 18.5 Å². The molecule has 0 aromatic heterocycles. The average Bonchev–Trinajstić information content (AvgIpc) is 2.44. The van der Waals surface area contributed by atoms with Crippen molar-refractivity contribution in [3.63, 3.8) is 0 Å². The number of hydrogen-bond donors (Lipinski definition) is 1. The zero-order valence-electron chi connectivity index (χ0n) is 13.0. The first-order valence-electron chi connectivity index (χ1n) is 7.59. The molecule has 0 radical (unpaired) electrons. The van der Waals surface area contributed by atoms with Gasteiger partial charge in [-0.15, -0.1) is 0 Å². The fourth-order valence-corrected chi connectivity index (χ4v) is 2.86. The van der Waals surface area contributed by atoms with Crippen molar-refractivity contribution in [2.24, 2.45) is 0 Å². The molecule has 0 aliphatic heterocycles. The first-order chi connectivity index (χ1) is 9.60. The quantitative estimate of drug-likeness (QED) is 0.696. The van der Waals surface area contributed by atoms with E-state index in [9.17, 15) is 0 Å². The molecule has 0 fully saturated rings. The monoisotopic (exact) mass is 341 g/mol. The van der Waals surface area contributed by atoms with Crippen molar-refractivity contribution in [2.45, 2.75) is 33.7 Å². The van der Waals surface area contributed by atoms with E-state index in [0.29, 0.717) is 0 Å². The second-order valence-electron chi connectivity index (χ2n) is 5.10. The van der Waals surface area contributed by atoms with Crippen LogP contribution < -0.4 is 5.73 Å². The molecular weight excluding hydrogens is 314 g/mol. The molecule has 0 unspecified atom stereocenters. The van der Waals surface area contributed by atoms with Crippen LogP contribution in [0, 0.1) is 0 Å². The van der Waals surface area contributed by atoms with E-state index in [0.717, 1.165) is 42.9 Å². The van der Waals surface area contributed by atoms with Gasteiger partial charge in [-0.3, -0.25) is 4.90 Å². The summed E-state index contributed by atoms with van der Waals surface area (Å²) in [5.74, 6) is 0. The van der Waals surface area contributed by atoms with Crippen LogP contribution in [0.2, 0.25) is 0 Å². The molecule has 4 heteroatoms. The van der Waals surface area contributed by atoms with Crippen LogP contribution in [0.25, 0.3) is 0 Å². The van der Waals surface area contributed by atoms with Crippen molar-refractivity contribution in [1.29, 1.82) is 0 Å². The van der Waals surface area contributed by atoms with Gasteiger partial charge in [0.25, 0.3) is 0 Å². The zero-order chi connectivity index (χ0) is 15.0. The van der Waals surface area contributed by atoms with Gasteiger partial charge in [0.05, 0.1) is 0 Å². The molecule has 114 valence electrons. The fourth-order valence-electron chi connectivity index (χ4n) is 2.34. The van der Waals surface area contributed by atoms with Gasteiger partial charge in [-0.25, -0.2) is 0 Å². The van der Waals surface area contributed by atoms with Crippen molar-refractivity contribution >= 4 is 21.6 Å². The number of hydrogen-bond acceptors (Lipinski definition) is 3. The Hall–Kier alpha value is -0.580. The van der Waals surface area contributed by atoms with E-state index >= 15 is 0 Å². The summed E-state index contributed by atoms with van der Waals surface area (Å²) in [5, 5.41) is 0. The predicted octanol–water partition coefficient (Wildman–Crippen LogP) is 3.59. The number of anilines is 1. The Balaban J connectivity index is 2.46. The number of halogens is 1. The summed E-state index contributed by atoms with van der Waals surface area (Å²) < 4.78 is 1.11. The summed E-state index contributed by atoms with van der Waals surface area (Å²) in [7, 11) is 0. The van der Waals surface area contributed by atoms with Crippen molar-refractivity contribution < 1.29 is 0 Å². The van der Waals surface area contributed by atoms with Gasteiger partial charge in [0.1, 0.15) is 0 Å². The summed E-state index contributed by atoms with van der Waals surface area (Å²) in [5.41, 5.74) is 7.91. The normalized spacial score (nSPS) is 11.5. The summed E-state index contributed by atoms with van der Waals surface area (Å²) in [6.45, 7) is 13.4. The Labute approximate surface area is 132 Å². The largest absolute Gasteiger partial charge is 0.399 e. The third kappa shape index (κ3) is 5.81. The van der Waals surface area contributed by atoms with Crippen molar-refractivity contribution in [2.75, 3.05) is 38.5 Å². The lowest BCUT2D eigenvalue weighted by Crippen LogP contribution is -2.29. The van der Waals surface area contributed by atoms with Crippen LogP contribution >= 0.6 is 15.9 Å². The number of rotatable bonds is 9. The molecule has 3 nitrogen and oxygen atoms in total. The Morgan fingerprint density at radius 1 is 1.00 bits per heavy atom. The van der Waals surface area contributed by atoms with Crippen molar-refractivity contribution in [1.82, 2.24) is 9.80 Å². The Morgan fingerprint density at radius 2 is 1.60 bits per heavy atom. The SMILES string of the molecule is CCN(CC)CCCN(CC)Cc1ccc(N)cc1Br. The molecule has 0 atom stereocenters. The summed E-state index contributed by atoms with van der Waals surface area (Å²) >= 11 is 3.60. The van der Waals surface area contributed by atoms with Crippen LogP contribution in [-0.2, 0) is 6.54 Å². The van der Waals surface area contributed by atoms with E-state index in [1.807, 2.05) is 12.1 Å². The maximum atomic E-state index is 5.79. The smallest absolute Gasteiger partial charge is 0.0325 e. The summed E-state index contributed by atoms with van der Waals surface area (Å²) in [6.07, 6.45) is 1.22. The molecule has 2 N–H and O–H groups in total. The highest BCUT2D eigenvalue weighted by molar-refractivity contribution is 9.10. The maximum Gasteiger partial charge on any atom is 0.0325 e. The number of nitrogens with zero attached hydrogens (tertiary/aromatic N) is 2. The van der Waals surface area contributed by atoms with E-state index in [2.05, 4.69) is 52.6 Å². The highest BCUT2D eigenvalue weighted by Gasteiger charge is 2.08. The predicted molar refractivity (Wildman–Crippen MR) is 91.9 cm³/mol. The third-order valence-corrected chi connectivity index (χ3v) is 4.50. The van der Waals surface area contributed by atoms with Gasteiger partial charge in [-0.05, 0) is 56.8 Å². The van der Waals surface area contributed by atoms with E-state index in [1.54, 1.807) is 0 Å². The molecule has 0 bridgehead atoms.